The lowest BCUT2D eigenvalue weighted by Crippen LogP contribution is -2.32. The van der Waals surface area contributed by atoms with Crippen molar-refractivity contribution in [1.29, 1.82) is 0 Å². The first kappa shape index (κ1) is 16.2. The Morgan fingerprint density at radius 3 is 2.30 bits per heavy atom. The highest BCUT2D eigenvalue weighted by Gasteiger charge is 2.10. The van der Waals surface area contributed by atoms with E-state index < -0.39 is 12.0 Å². The predicted octanol–water partition coefficient (Wildman–Crippen LogP) is 1.27. The Morgan fingerprint density at radius 2 is 1.85 bits per heavy atom. The Bertz CT molecular complexity index is 403. The second-order valence-electron chi connectivity index (χ2n) is 4.84. The number of amides is 1. The molecule has 2 rings (SSSR count). The van der Waals surface area contributed by atoms with Gasteiger partial charge in [0, 0.05) is 13.1 Å². The molecule has 1 saturated heterocycles. The van der Waals surface area contributed by atoms with Gasteiger partial charge in [0.05, 0.1) is 0 Å². The monoisotopic (exact) mass is 278 g/mol. The quantitative estimate of drug-likeness (QED) is 0.812. The van der Waals surface area contributed by atoms with E-state index in [0.717, 1.165) is 25.1 Å². The predicted molar refractivity (Wildman–Crippen MR) is 77.2 cm³/mol. The summed E-state index contributed by atoms with van der Waals surface area (Å²) in [6, 6.07) is 8.54. The second-order valence-corrected chi connectivity index (χ2v) is 4.84. The largest absolute Gasteiger partial charge is 0.480 e. The van der Waals surface area contributed by atoms with Crippen molar-refractivity contribution in [2.24, 2.45) is 5.73 Å². The molecule has 110 valence electrons. The Morgan fingerprint density at radius 1 is 1.25 bits per heavy atom. The molecule has 5 nitrogen and oxygen atoms in total. The molecule has 0 saturated carbocycles. The standard InChI is InChI=1S/C9H11NO2.C6H11NO/c10-8(9(11)12)6-7-4-2-1-3-5-7;8-6-7-4-2-1-3-5-7/h1-5,8H,6,10H2,(H,11,12);6H,1-5H2/t8-;/m0./s1. The molecule has 0 spiro atoms. The highest BCUT2D eigenvalue weighted by molar-refractivity contribution is 5.73. The molecule has 5 heteroatoms. The van der Waals surface area contributed by atoms with E-state index in [4.69, 9.17) is 10.8 Å². The van der Waals surface area contributed by atoms with Crippen molar-refractivity contribution >= 4 is 12.4 Å². The van der Waals surface area contributed by atoms with E-state index >= 15 is 0 Å². The van der Waals surface area contributed by atoms with Gasteiger partial charge in [0.25, 0.3) is 0 Å². The molecule has 3 N–H and O–H groups in total. The fourth-order valence-electron chi connectivity index (χ4n) is 1.98. The first-order valence-electron chi connectivity index (χ1n) is 6.85. The third-order valence-electron chi connectivity index (χ3n) is 3.16. The Labute approximate surface area is 119 Å². The van der Waals surface area contributed by atoms with Gasteiger partial charge in [-0.3, -0.25) is 9.59 Å². The fraction of sp³-hybridized carbons (Fsp3) is 0.467. The smallest absolute Gasteiger partial charge is 0.320 e. The van der Waals surface area contributed by atoms with E-state index in [9.17, 15) is 9.59 Å². The van der Waals surface area contributed by atoms with Crippen LogP contribution in [0.3, 0.4) is 0 Å². The summed E-state index contributed by atoms with van der Waals surface area (Å²) in [5.41, 5.74) is 6.30. The van der Waals surface area contributed by atoms with E-state index in [0.29, 0.717) is 6.42 Å². The van der Waals surface area contributed by atoms with E-state index in [1.165, 1.54) is 19.3 Å². The SMILES string of the molecule is N[C@@H](Cc1ccccc1)C(=O)O.O=CN1CCCCC1. The van der Waals surface area contributed by atoms with Crippen molar-refractivity contribution in [1.82, 2.24) is 4.90 Å². The van der Waals surface area contributed by atoms with Crippen molar-refractivity contribution in [3.05, 3.63) is 35.9 Å². The van der Waals surface area contributed by atoms with Crippen molar-refractivity contribution in [3.63, 3.8) is 0 Å². The topological polar surface area (TPSA) is 83.6 Å². The highest BCUT2D eigenvalue weighted by Crippen LogP contribution is 2.05. The number of carboxylic acids is 1. The third kappa shape index (κ3) is 6.33. The summed E-state index contributed by atoms with van der Waals surface area (Å²) in [5, 5.41) is 8.52. The van der Waals surface area contributed by atoms with Gasteiger partial charge < -0.3 is 15.7 Å². The van der Waals surface area contributed by atoms with Gasteiger partial charge >= 0.3 is 5.97 Å². The maximum atomic E-state index is 10.4. The fourth-order valence-corrected chi connectivity index (χ4v) is 1.98. The van der Waals surface area contributed by atoms with Gasteiger partial charge in [-0.05, 0) is 31.2 Å². The molecule has 0 unspecified atom stereocenters. The summed E-state index contributed by atoms with van der Waals surface area (Å²) in [5.74, 6) is -0.959. The number of carbonyl (C=O) groups excluding carboxylic acids is 1. The van der Waals surface area contributed by atoms with Crippen LogP contribution in [-0.2, 0) is 16.0 Å². The van der Waals surface area contributed by atoms with Gasteiger partial charge in [-0.1, -0.05) is 30.3 Å². The molecule has 0 bridgehead atoms. The van der Waals surface area contributed by atoms with Gasteiger partial charge in [-0.25, -0.2) is 0 Å². The molecule has 1 aliphatic rings. The number of nitrogens with zero attached hydrogens (tertiary/aromatic N) is 1. The van der Waals surface area contributed by atoms with E-state index in [2.05, 4.69) is 0 Å². The molecule has 0 radical (unpaired) electrons. The second kappa shape index (κ2) is 9.09. The van der Waals surface area contributed by atoms with Gasteiger partial charge in [0.2, 0.25) is 6.41 Å². The number of benzene rings is 1. The number of hydrogen-bond donors (Lipinski definition) is 2. The summed E-state index contributed by atoms with van der Waals surface area (Å²) in [7, 11) is 0. The maximum absolute atomic E-state index is 10.4. The van der Waals surface area contributed by atoms with Crippen LogP contribution < -0.4 is 5.73 Å². The van der Waals surface area contributed by atoms with Crippen LogP contribution in [0.15, 0.2) is 30.3 Å². The van der Waals surface area contributed by atoms with Crippen LogP contribution >= 0.6 is 0 Å². The first-order valence-corrected chi connectivity index (χ1v) is 6.85. The minimum Gasteiger partial charge on any atom is -0.480 e. The summed E-state index contributed by atoms with van der Waals surface area (Å²) in [6.45, 7) is 1.95. The molecular weight excluding hydrogens is 256 g/mol. The van der Waals surface area contributed by atoms with Crippen molar-refractivity contribution in [3.8, 4) is 0 Å². The van der Waals surface area contributed by atoms with Crippen molar-refractivity contribution in [2.45, 2.75) is 31.7 Å². The molecule has 0 aliphatic carbocycles. The molecule has 20 heavy (non-hydrogen) atoms. The highest BCUT2D eigenvalue weighted by atomic mass is 16.4. The molecule has 1 fully saturated rings. The van der Waals surface area contributed by atoms with E-state index in [1.54, 1.807) is 0 Å². The number of hydrogen-bond acceptors (Lipinski definition) is 3. The van der Waals surface area contributed by atoms with Gasteiger partial charge in [-0.2, -0.15) is 0 Å². The lowest BCUT2D eigenvalue weighted by atomic mass is 10.1. The van der Waals surface area contributed by atoms with Crippen LogP contribution in [-0.4, -0.2) is 41.5 Å². The molecule has 1 amide bonds. The zero-order chi connectivity index (χ0) is 14.8. The number of carbonyl (C=O) groups is 2. The number of rotatable bonds is 4. The van der Waals surface area contributed by atoms with Crippen LogP contribution in [0.4, 0.5) is 0 Å². The average Bonchev–Trinajstić information content (AvgIpc) is 2.49. The van der Waals surface area contributed by atoms with Crippen LogP contribution in [0, 0.1) is 0 Å². The van der Waals surface area contributed by atoms with Gasteiger partial charge in [-0.15, -0.1) is 0 Å². The molecule has 1 atom stereocenters. The summed E-state index contributed by atoms with van der Waals surface area (Å²) >= 11 is 0. The molecule has 1 aliphatic heterocycles. The van der Waals surface area contributed by atoms with Crippen molar-refractivity contribution in [2.75, 3.05) is 13.1 Å². The first-order chi connectivity index (χ1) is 9.63. The number of likely N-dealkylation sites (tertiary alicyclic amines) is 1. The summed E-state index contributed by atoms with van der Waals surface area (Å²) in [6.07, 6.45) is 5.01. The van der Waals surface area contributed by atoms with Crippen LogP contribution in [0.2, 0.25) is 0 Å². The van der Waals surface area contributed by atoms with Crippen LogP contribution in [0.1, 0.15) is 24.8 Å². The number of aliphatic carboxylic acids is 1. The molecule has 0 aromatic heterocycles. The number of nitrogens with two attached hydrogens (primary N) is 1. The molecule has 1 aromatic rings. The summed E-state index contributed by atoms with van der Waals surface area (Å²) in [4.78, 5) is 22.3. The lowest BCUT2D eigenvalue weighted by Gasteiger charge is -2.21. The van der Waals surface area contributed by atoms with E-state index in [-0.39, 0.29) is 0 Å². The van der Waals surface area contributed by atoms with E-state index in [1.807, 2.05) is 35.2 Å². The van der Waals surface area contributed by atoms with Gasteiger partial charge in [0.1, 0.15) is 6.04 Å². The Kier molecular flexibility index (Phi) is 7.35. The molecular formula is C15H22N2O3. The zero-order valence-electron chi connectivity index (χ0n) is 11.6. The third-order valence-corrected chi connectivity index (χ3v) is 3.16. The lowest BCUT2D eigenvalue weighted by molar-refractivity contribution is -0.138. The normalized spacial score (nSPS) is 15.8. The minimum atomic E-state index is -0.959. The van der Waals surface area contributed by atoms with Crippen LogP contribution in [0.25, 0.3) is 0 Å². The number of carboxylic acid groups (broad SMARTS) is 1. The van der Waals surface area contributed by atoms with Gasteiger partial charge in [0.15, 0.2) is 0 Å². The van der Waals surface area contributed by atoms with Crippen molar-refractivity contribution < 1.29 is 14.7 Å². The average molecular weight is 278 g/mol. The summed E-state index contributed by atoms with van der Waals surface area (Å²) < 4.78 is 0. The molecule has 1 aromatic carbocycles. The number of piperidine rings is 1. The van der Waals surface area contributed by atoms with Crippen LogP contribution in [0.5, 0.6) is 0 Å². The zero-order valence-corrected chi connectivity index (χ0v) is 11.6. The Hall–Kier alpha value is -1.88. The Balaban J connectivity index is 0.000000217. The maximum Gasteiger partial charge on any atom is 0.320 e. The molecule has 1 heterocycles. The minimum absolute atomic E-state index is 0.385.